The Morgan fingerprint density at radius 2 is 1.33 bits per heavy atom. The van der Waals surface area contributed by atoms with E-state index in [2.05, 4.69) is 20.8 Å². The molecule has 3 aromatic carbocycles. The van der Waals surface area contributed by atoms with Crippen LogP contribution in [0.4, 0.5) is 0 Å². The summed E-state index contributed by atoms with van der Waals surface area (Å²) in [5.74, 6) is 0.975. The van der Waals surface area contributed by atoms with Crippen molar-refractivity contribution in [3.05, 3.63) is 89.0 Å². The molecular weight excluding hydrogens is 372 g/mol. The molecule has 0 aliphatic carbocycles. The molecule has 3 nitrogen and oxygen atoms in total. The van der Waals surface area contributed by atoms with Crippen molar-refractivity contribution in [2.75, 3.05) is 0 Å². The smallest absolute Gasteiger partial charge is 0.122 e. The molecule has 0 saturated carbocycles. The zero-order valence-corrected chi connectivity index (χ0v) is 18.1. The normalized spacial score (nSPS) is 12.6. The fraction of sp³-hybridized carbons (Fsp3) is 0.333. The summed E-state index contributed by atoms with van der Waals surface area (Å²) in [6, 6.07) is 20.8. The Morgan fingerprint density at radius 1 is 0.733 bits per heavy atom. The van der Waals surface area contributed by atoms with Gasteiger partial charge in [-0.3, -0.25) is 0 Å². The minimum atomic E-state index is -0.248. The molecule has 0 heterocycles. The van der Waals surface area contributed by atoms with Crippen LogP contribution < -0.4 is 0 Å². The summed E-state index contributed by atoms with van der Waals surface area (Å²) in [7, 11) is 0. The Balaban J connectivity index is 1.94. The maximum absolute atomic E-state index is 11.2. The topological polar surface area (TPSA) is 60.7 Å². The van der Waals surface area contributed by atoms with Crippen molar-refractivity contribution < 1.29 is 15.3 Å². The maximum atomic E-state index is 11.2. The third-order valence-electron chi connectivity index (χ3n) is 6.56. The van der Waals surface area contributed by atoms with Gasteiger partial charge in [0.25, 0.3) is 0 Å². The van der Waals surface area contributed by atoms with E-state index in [1.807, 2.05) is 54.6 Å². The zero-order chi connectivity index (χ0) is 21.7. The molecule has 0 saturated heterocycles. The van der Waals surface area contributed by atoms with Crippen LogP contribution in [0.5, 0.6) is 17.2 Å². The first kappa shape index (κ1) is 21.8. The highest BCUT2D eigenvalue weighted by Gasteiger charge is 2.32. The molecule has 0 aromatic heterocycles. The molecule has 0 radical (unpaired) electrons. The average Bonchev–Trinajstić information content (AvgIpc) is 2.75. The SMILES string of the molecule is CCC(CC)(Cc1cccc(C(C)Cc2ccccc2O)c1O)c1ccccc1O. The van der Waals surface area contributed by atoms with Crippen molar-refractivity contribution in [1.29, 1.82) is 0 Å². The lowest BCUT2D eigenvalue weighted by molar-refractivity contribution is 0.358. The molecule has 0 aliphatic heterocycles. The van der Waals surface area contributed by atoms with Crippen molar-refractivity contribution in [2.45, 2.75) is 57.8 Å². The van der Waals surface area contributed by atoms with E-state index < -0.39 is 0 Å². The van der Waals surface area contributed by atoms with Crippen molar-refractivity contribution in [3.8, 4) is 17.2 Å². The first-order chi connectivity index (χ1) is 14.4. The van der Waals surface area contributed by atoms with Gasteiger partial charge < -0.3 is 15.3 Å². The van der Waals surface area contributed by atoms with E-state index >= 15 is 0 Å². The average molecular weight is 405 g/mol. The van der Waals surface area contributed by atoms with Gasteiger partial charge in [-0.15, -0.1) is 0 Å². The summed E-state index contributed by atoms with van der Waals surface area (Å²) < 4.78 is 0. The van der Waals surface area contributed by atoms with Crippen LogP contribution in [0.15, 0.2) is 66.7 Å². The molecule has 3 heteroatoms. The second-order valence-electron chi connectivity index (χ2n) is 8.27. The van der Waals surface area contributed by atoms with E-state index in [0.717, 1.165) is 35.1 Å². The van der Waals surface area contributed by atoms with E-state index in [1.54, 1.807) is 12.1 Å². The Morgan fingerprint density at radius 3 is 1.97 bits per heavy atom. The number of hydrogen-bond acceptors (Lipinski definition) is 3. The minimum Gasteiger partial charge on any atom is -0.508 e. The fourth-order valence-electron chi connectivity index (χ4n) is 4.54. The molecule has 0 spiro atoms. The second kappa shape index (κ2) is 9.25. The Bertz CT molecular complexity index is 989. The molecule has 3 rings (SSSR count). The summed E-state index contributed by atoms with van der Waals surface area (Å²) in [6.45, 7) is 6.34. The van der Waals surface area contributed by atoms with E-state index in [0.29, 0.717) is 24.3 Å². The predicted octanol–water partition coefficient (Wildman–Crippen LogP) is 6.45. The van der Waals surface area contributed by atoms with Gasteiger partial charge in [-0.25, -0.2) is 0 Å². The van der Waals surface area contributed by atoms with Crippen LogP contribution in [0.3, 0.4) is 0 Å². The molecule has 0 amide bonds. The van der Waals surface area contributed by atoms with Crippen LogP contribution in [0.1, 0.15) is 61.8 Å². The summed E-state index contributed by atoms with van der Waals surface area (Å²) in [4.78, 5) is 0. The third kappa shape index (κ3) is 4.30. The maximum Gasteiger partial charge on any atom is 0.122 e. The van der Waals surface area contributed by atoms with Crippen molar-refractivity contribution in [2.24, 2.45) is 0 Å². The van der Waals surface area contributed by atoms with E-state index in [1.165, 1.54) is 0 Å². The third-order valence-corrected chi connectivity index (χ3v) is 6.56. The van der Waals surface area contributed by atoms with Gasteiger partial charge in [0.2, 0.25) is 0 Å². The summed E-state index contributed by atoms with van der Waals surface area (Å²) in [5, 5.41) is 31.8. The highest BCUT2D eigenvalue weighted by Crippen LogP contribution is 2.42. The molecule has 0 aliphatic rings. The predicted molar refractivity (Wildman–Crippen MR) is 122 cm³/mol. The van der Waals surface area contributed by atoms with Gasteiger partial charge in [0, 0.05) is 11.0 Å². The van der Waals surface area contributed by atoms with Crippen LogP contribution in [0.2, 0.25) is 0 Å². The molecule has 1 unspecified atom stereocenters. The van der Waals surface area contributed by atoms with Gasteiger partial charge in [-0.05, 0) is 60.4 Å². The molecular formula is C27H32O3. The monoisotopic (exact) mass is 404 g/mol. The van der Waals surface area contributed by atoms with E-state index in [-0.39, 0.29) is 17.1 Å². The van der Waals surface area contributed by atoms with Crippen LogP contribution in [-0.4, -0.2) is 15.3 Å². The number of aromatic hydroxyl groups is 3. The van der Waals surface area contributed by atoms with Crippen LogP contribution in [-0.2, 0) is 18.3 Å². The molecule has 30 heavy (non-hydrogen) atoms. The first-order valence-electron chi connectivity index (χ1n) is 10.8. The minimum absolute atomic E-state index is 0.0565. The van der Waals surface area contributed by atoms with Crippen LogP contribution in [0, 0.1) is 0 Å². The first-order valence-corrected chi connectivity index (χ1v) is 10.8. The van der Waals surface area contributed by atoms with E-state index in [9.17, 15) is 15.3 Å². The van der Waals surface area contributed by atoms with Gasteiger partial charge in [0.15, 0.2) is 0 Å². The Kier molecular flexibility index (Phi) is 6.71. The van der Waals surface area contributed by atoms with Crippen molar-refractivity contribution in [1.82, 2.24) is 0 Å². The molecule has 3 N–H and O–H groups in total. The Hall–Kier alpha value is -2.94. The summed E-state index contributed by atoms with van der Waals surface area (Å²) in [5.41, 5.74) is 3.34. The van der Waals surface area contributed by atoms with Gasteiger partial charge in [0.1, 0.15) is 17.2 Å². The van der Waals surface area contributed by atoms with Gasteiger partial charge in [-0.2, -0.15) is 0 Å². The molecule has 1 atom stereocenters. The second-order valence-corrected chi connectivity index (χ2v) is 8.27. The number of para-hydroxylation sites is 3. The lowest BCUT2D eigenvalue weighted by atomic mass is 9.71. The van der Waals surface area contributed by atoms with Crippen LogP contribution in [0.25, 0.3) is 0 Å². The molecule has 0 bridgehead atoms. The van der Waals surface area contributed by atoms with Crippen molar-refractivity contribution in [3.63, 3.8) is 0 Å². The highest BCUT2D eigenvalue weighted by atomic mass is 16.3. The summed E-state index contributed by atoms with van der Waals surface area (Å²) >= 11 is 0. The fourth-order valence-corrected chi connectivity index (χ4v) is 4.54. The molecule has 158 valence electrons. The van der Waals surface area contributed by atoms with Gasteiger partial charge in [0.05, 0.1) is 0 Å². The zero-order valence-electron chi connectivity index (χ0n) is 18.1. The van der Waals surface area contributed by atoms with Crippen LogP contribution >= 0.6 is 0 Å². The number of hydrogen-bond donors (Lipinski definition) is 3. The van der Waals surface area contributed by atoms with Gasteiger partial charge >= 0.3 is 0 Å². The number of rotatable bonds is 8. The highest BCUT2D eigenvalue weighted by molar-refractivity contribution is 5.47. The number of phenols is 3. The molecule has 3 aromatic rings. The van der Waals surface area contributed by atoms with Gasteiger partial charge in [-0.1, -0.05) is 75.4 Å². The lowest BCUT2D eigenvalue weighted by Crippen LogP contribution is -2.27. The molecule has 0 fully saturated rings. The van der Waals surface area contributed by atoms with Crippen molar-refractivity contribution >= 4 is 0 Å². The number of benzene rings is 3. The standard InChI is InChI=1S/C27H32O3/c1-4-27(5-2,23-14-7-9-16-25(23)29)18-21-12-10-13-22(26(21)30)19(3)17-20-11-6-8-15-24(20)28/h6-16,19,28-30H,4-5,17-18H2,1-3H3. The lowest BCUT2D eigenvalue weighted by Gasteiger charge is -2.34. The van der Waals surface area contributed by atoms with E-state index in [4.69, 9.17) is 0 Å². The Labute approximate surface area is 179 Å². The largest absolute Gasteiger partial charge is 0.508 e. The quantitative estimate of drug-likeness (QED) is 0.404. The summed E-state index contributed by atoms with van der Waals surface area (Å²) in [6.07, 6.45) is 3.02. The number of phenolic OH excluding ortho intramolecular Hbond substituents is 3.